The highest BCUT2D eigenvalue weighted by Gasteiger charge is 2.17. The first-order chi connectivity index (χ1) is 10.8. The lowest BCUT2D eigenvalue weighted by Crippen LogP contribution is -2.12. The summed E-state index contributed by atoms with van der Waals surface area (Å²) in [6, 6.07) is 12.7. The Morgan fingerprint density at radius 2 is 1.74 bits per heavy atom. The van der Waals surface area contributed by atoms with Gasteiger partial charge in [-0.25, -0.2) is 4.79 Å². The average Bonchev–Trinajstić information content (AvgIpc) is 2.49. The van der Waals surface area contributed by atoms with E-state index in [2.05, 4.69) is 36.7 Å². The van der Waals surface area contributed by atoms with Crippen LogP contribution in [0.25, 0.3) is 0 Å². The molecule has 0 saturated carbocycles. The molecule has 0 N–H and O–H groups in total. The molecule has 2 rings (SSSR count). The Balaban J connectivity index is 2.14. The Labute approximate surface area is 145 Å². The molecule has 0 aliphatic carbocycles. The molecular formula is C19H21BrO3. The molecule has 0 aliphatic rings. The molecule has 0 radical (unpaired) electrons. The van der Waals surface area contributed by atoms with E-state index in [0.29, 0.717) is 17.9 Å². The molecule has 0 saturated heterocycles. The van der Waals surface area contributed by atoms with Crippen molar-refractivity contribution in [1.29, 1.82) is 0 Å². The number of benzene rings is 2. The van der Waals surface area contributed by atoms with Crippen molar-refractivity contribution in [1.82, 2.24) is 0 Å². The van der Waals surface area contributed by atoms with Gasteiger partial charge < -0.3 is 9.47 Å². The number of rotatable bonds is 4. The zero-order chi connectivity index (χ0) is 17.0. The predicted molar refractivity (Wildman–Crippen MR) is 95.4 cm³/mol. The first kappa shape index (κ1) is 17.5. The van der Waals surface area contributed by atoms with Crippen LogP contribution in [-0.4, -0.2) is 12.6 Å². The van der Waals surface area contributed by atoms with Gasteiger partial charge >= 0.3 is 5.97 Å². The third-order valence-electron chi connectivity index (χ3n) is 3.40. The summed E-state index contributed by atoms with van der Waals surface area (Å²) in [5, 5.41) is 0. The van der Waals surface area contributed by atoms with E-state index in [1.165, 1.54) is 5.56 Å². The van der Waals surface area contributed by atoms with Gasteiger partial charge in [-0.3, -0.25) is 0 Å². The Bertz CT molecular complexity index is 685. The number of hydrogen-bond donors (Lipinski definition) is 0. The van der Waals surface area contributed by atoms with Gasteiger partial charge in [-0.15, -0.1) is 0 Å². The van der Waals surface area contributed by atoms with Crippen molar-refractivity contribution < 1.29 is 14.3 Å². The Morgan fingerprint density at radius 3 is 2.26 bits per heavy atom. The molecule has 122 valence electrons. The van der Waals surface area contributed by atoms with E-state index in [1.807, 2.05) is 25.1 Å². The number of halogens is 1. The fraction of sp³-hybridized carbons (Fsp3) is 0.316. The normalized spacial score (nSPS) is 11.2. The standard InChI is InChI=1S/C19H21BrO3/c1-5-22-15-9-6-13(7-10-15)18(21)23-17-11-8-14(12-16(17)20)19(2,3)4/h6-12H,5H2,1-4H3. The molecule has 3 nitrogen and oxygen atoms in total. The maximum atomic E-state index is 12.2. The predicted octanol–water partition coefficient (Wildman–Crippen LogP) is 5.36. The zero-order valence-electron chi connectivity index (χ0n) is 13.9. The van der Waals surface area contributed by atoms with Crippen molar-refractivity contribution in [3.63, 3.8) is 0 Å². The molecule has 0 aliphatic heterocycles. The molecule has 0 spiro atoms. The summed E-state index contributed by atoms with van der Waals surface area (Å²) in [6.07, 6.45) is 0. The minimum Gasteiger partial charge on any atom is -0.494 e. The highest BCUT2D eigenvalue weighted by Crippen LogP contribution is 2.32. The molecule has 23 heavy (non-hydrogen) atoms. The Morgan fingerprint density at radius 1 is 1.09 bits per heavy atom. The number of carbonyl (C=O) groups is 1. The first-order valence-electron chi connectivity index (χ1n) is 7.56. The molecule has 2 aromatic carbocycles. The molecule has 0 unspecified atom stereocenters. The summed E-state index contributed by atoms with van der Waals surface area (Å²) in [4.78, 5) is 12.2. The highest BCUT2D eigenvalue weighted by atomic mass is 79.9. The van der Waals surface area contributed by atoms with Gasteiger partial charge in [-0.2, -0.15) is 0 Å². The number of ether oxygens (including phenoxy) is 2. The van der Waals surface area contributed by atoms with Gasteiger partial charge in [0.15, 0.2) is 0 Å². The summed E-state index contributed by atoms with van der Waals surface area (Å²) < 4.78 is 11.6. The lowest BCUT2D eigenvalue weighted by Gasteiger charge is -2.20. The van der Waals surface area contributed by atoms with E-state index in [-0.39, 0.29) is 5.41 Å². The largest absolute Gasteiger partial charge is 0.494 e. The van der Waals surface area contributed by atoms with Crippen molar-refractivity contribution in [2.24, 2.45) is 0 Å². The first-order valence-corrected chi connectivity index (χ1v) is 8.35. The van der Waals surface area contributed by atoms with Gasteiger partial charge in [-0.05, 0) is 70.2 Å². The lowest BCUT2D eigenvalue weighted by molar-refractivity contribution is 0.0733. The van der Waals surface area contributed by atoms with Gasteiger partial charge in [-0.1, -0.05) is 26.8 Å². The number of hydrogen-bond acceptors (Lipinski definition) is 3. The van der Waals surface area contributed by atoms with E-state index in [4.69, 9.17) is 9.47 Å². The van der Waals surface area contributed by atoms with E-state index in [1.54, 1.807) is 24.3 Å². The van der Waals surface area contributed by atoms with E-state index in [0.717, 1.165) is 10.2 Å². The van der Waals surface area contributed by atoms with E-state index < -0.39 is 5.97 Å². The minimum absolute atomic E-state index is 0.0418. The van der Waals surface area contributed by atoms with E-state index >= 15 is 0 Å². The molecular weight excluding hydrogens is 356 g/mol. The maximum absolute atomic E-state index is 12.2. The van der Waals surface area contributed by atoms with Crippen molar-refractivity contribution >= 4 is 21.9 Å². The number of esters is 1. The smallest absolute Gasteiger partial charge is 0.343 e. The molecule has 4 heteroatoms. The van der Waals surface area contributed by atoms with E-state index in [9.17, 15) is 4.79 Å². The second-order valence-corrected chi connectivity index (χ2v) is 7.10. The van der Waals surface area contributed by atoms with Crippen molar-refractivity contribution in [3.8, 4) is 11.5 Å². The van der Waals surface area contributed by atoms with Crippen molar-refractivity contribution in [2.45, 2.75) is 33.1 Å². The van der Waals surface area contributed by atoms with Gasteiger partial charge in [0, 0.05) is 0 Å². The number of carbonyl (C=O) groups excluding carboxylic acids is 1. The van der Waals surface area contributed by atoms with Crippen LogP contribution in [0.2, 0.25) is 0 Å². The fourth-order valence-corrected chi connectivity index (χ4v) is 2.52. The third-order valence-corrected chi connectivity index (χ3v) is 4.02. The lowest BCUT2D eigenvalue weighted by atomic mass is 9.87. The maximum Gasteiger partial charge on any atom is 0.343 e. The third kappa shape index (κ3) is 4.58. The molecule has 2 aromatic rings. The molecule has 0 aromatic heterocycles. The fourth-order valence-electron chi connectivity index (χ4n) is 2.06. The zero-order valence-corrected chi connectivity index (χ0v) is 15.4. The Hall–Kier alpha value is -1.81. The van der Waals surface area contributed by atoms with Crippen LogP contribution in [0.3, 0.4) is 0 Å². The highest BCUT2D eigenvalue weighted by molar-refractivity contribution is 9.10. The molecule has 0 atom stereocenters. The van der Waals surface area contributed by atoms with Crippen molar-refractivity contribution in [2.75, 3.05) is 6.61 Å². The van der Waals surface area contributed by atoms with Crippen LogP contribution < -0.4 is 9.47 Å². The second kappa shape index (κ2) is 7.18. The Kier molecular flexibility index (Phi) is 5.47. The molecule has 0 amide bonds. The monoisotopic (exact) mass is 376 g/mol. The van der Waals surface area contributed by atoms with Crippen LogP contribution in [0.4, 0.5) is 0 Å². The summed E-state index contributed by atoms with van der Waals surface area (Å²) in [5.41, 5.74) is 1.70. The summed E-state index contributed by atoms with van der Waals surface area (Å²) in [6.45, 7) is 8.93. The van der Waals surface area contributed by atoms with Crippen LogP contribution in [0, 0.1) is 0 Å². The SMILES string of the molecule is CCOc1ccc(C(=O)Oc2ccc(C(C)(C)C)cc2Br)cc1. The van der Waals surface area contributed by atoms with Crippen LogP contribution in [0.5, 0.6) is 11.5 Å². The quantitative estimate of drug-likeness (QED) is 0.531. The van der Waals surface area contributed by atoms with Gasteiger partial charge in [0.2, 0.25) is 0 Å². The van der Waals surface area contributed by atoms with Gasteiger partial charge in [0.05, 0.1) is 16.6 Å². The molecule has 0 fully saturated rings. The average molecular weight is 377 g/mol. The van der Waals surface area contributed by atoms with Gasteiger partial charge in [0.25, 0.3) is 0 Å². The van der Waals surface area contributed by atoms with Crippen LogP contribution in [0.15, 0.2) is 46.9 Å². The molecule has 0 bridgehead atoms. The second-order valence-electron chi connectivity index (χ2n) is 6.24. The summed E-state index contributed by atoms with van der Waals surface area (Å²) in [5.74, 6) is 0.855. The summed E-state index contributed by atoms with van der Waals surface area (Å²) in [7, 11) is 0. The van der Waals surface area contributed by atoms with Crippen LogP contribution in [0.1, 0.15) is 43.6 Å². The van der Waals surface area contributed by atoms with Crippen LogP contribution >= 0.6 is 15.9 Å². The molecule has 0 heterocycles. The van der Waals surface area contributed by atoms with Crippen molar-refractivity contribution in [3.05, 3.63) is 58.1 Å². The summed E-state index contributed by atoms with van der Waals surface area (Å²) >= 11 is 3.48. The topological polar surface area (TPSA) is 35.5 Å². The van der Waals surface area contributed by atoms with Crippen LogP contribution in [-0.2, 0) is 5.41 Å². The minimum atomic E-state index is -0.391. The van der Waals surface area contributed by atoms with Gasteiger partial charge in [0.1, 0.15) is 11.5 Å².